The number of methoxy groups -OCH3 is 1. The first-order valence-electron chi connectivity index (χ1n) is 5.73. The normalized spacial score (nSPS) is 9.60. The van der Waals surface area contributed by atoms with Gasteiger partial charge in [-0.05, 0) is 36.4 Å². The summed E-state index contributed by atoms with van der Waals surface area (Å²) >= 11 is 0. The molecule has 0 heterocycles. The van der Waals surface area contributed by atoms with E-state index in [2.05, 4.69) is 5.32 Å². The molecule has 6 nitrogen and oxygen atoms in total. The molecule has 2 rings (SSSR count). The topological polar surface area (TPSA) is 88.2 Å². The highest BCUT2D eigenvalue weighted by atomic mass is 16.6. The molecule has 100 valence electrons. The molecule has 0 bridgehead atoms. The van der Waals surface area contributed by atoms with E-state index >= 15 is 0 Å². The highest BCUT2D eigenvalue weighted by Crippen LogP contribution is 2.29. The lowest BCUT2D eigenvalue weighted by Crippen LogP contribution is -1.97. The van der Waals surface area contributed by atoms with Crippen molar-refractivity contribution in [1.82, 2.24) is 0 Å². The number of hydrogen-bond acceptors (Lipinski definition) is 5. The average Bonchev–Trinajstić information content (AvgIpc) is 2.47. The summed E-state index contributed by atoms with van der Waals surface area (Å²) in [5, 5.41) is 22.8. The van der Waals surface area contributed by atoms with Crippen LogP contribution in [0.3, 0.4) is 0 Å². The Bertz CT molecular complexity index is 675. The van der Waals surface area contributed by atoms with Crippen LogP contribution in [0.1, 0.15) is 5.56 Å². The number of hydrogen-bond donors (Lipinski definition) is 1. The molecule has 0 spiro atoms. The third kappa shape index (κ3) is 2.84. The van der Waals surface area contributed by atoms with Crippen molar-refractivity contribution in [2.75, 3.05) is 12.4 Å². The summed E-state index contributed by atoms with van der Waals surface area (Å²) in [7, 11) is 1.56. The van der Waals surface area contributed by atoms with Gasteiger partial charge in [-0.25, -0.2) is 0 Å². The Morgan fingerprint density at radius 3 is 2.50 bits per heavy atom. The largest absolute Gasteiger partial charge is 0.497 e. The SMILES string of the molecule is COc1ccc(Nc2cc(C#N)ccc2[N+](=O)[O-])cc1. The summed E-state index contributed by atoms with van der Waals surface area (Å²) in [6.45, 7) is 0. The van der Waals surface area contributed by atoms with Gasteiger partial charge in [0, 0.05) is 11.8 Å². The number of benzene rings is 2. The van der Waals surface area contributed by atoms with Gasteiger partial charge in [0.05, 0.1) is 23.7 Å². The van der Waals surface area contributed by atoms with Crippen molar-refractivity contribution in [3.8, 4) is 11.8 Å². The fourth-order valence-corrected chi connectivity index (χ4v) is 1.69. The Kier molecular flexibility index (Phi) is 3.82. The maximum Gasteiger partial charge on any atom is 0.292 e. The number of nitriles is 1. The monoisotopic (exact) mass is 269 g/mol. The van der Waals surface area contributed by atoms with E-state index in [0.29, 0.717) is 17.0 Å². The Hall–Kier alpha value is -3.07. The predicted molar refractivity (Wildman–Crippen MR) is 74.1 cm³/mol. The lowest BCUT2D eigenvalue weighted by molar-refractivity contribution is -0.383. The molecule has 0 aliphatic heterocycles. The third-order valence-corrected chi connectivity index (χ3v) is 2.69. The molecule has 0 aliphatic rings. The van der Waals surface area contributed by atoms with E-state index in [-0.39, 0.29) is 11.4 Å². The van der Waals surface area contributed by atoms with Gasteiger partial charge in [-0.2, -0.15) is 5.26 Å². The molecule has 0 aromatic heterocycles. The highest BCUT2D eigenvalue weighted by molar-refractivity contribution is 5.71. The second kappa shape index (κ2) is 5.71. The fraction of sp³-hybridized carbons (Fsp3) is 0.0714. The minimum absolute atomic E-state index is 0.0835. The van der Waals surface area contributed by atoms with Gasteiger partial charge >= 0.3 is 0 Å². The van der Waals surface area contributed by atoms with Crippen molar-refractivity contribution in [1.29, 1.82) is 5.26 Å². The van der Waals surface area contributed by atoms with Crippen LogP contribution < -0.4 is 10.1 Å². The molecular formula is C14H11N3O3. The van der Waals surface area contributed by atoms with Gasteiger partial charge in [-0.3, -0.25) is 10.1 Å². The summed E-state index contributed by atoms with van der Waals surface area (Å²) in [6.07, 6.45) is 0. The summed E-state index contributed by atoms with van der Waals surface area (Å²) in [4.78, 5) is 10.5. The van der Waals surface area contributed by atoms with Crippen molar-refractivity contribution in [3.05, 3.63) is 58.1 Å². The molecule has 0 fully saturated rings. The molecule has 2 aromatic rings. The Morgan fingerprint density at radius 1 is 1.25 bits per heavy atom. The second-order valence-electron chi connectivity index (χ2n) is 3.95. The molecule has 1 N–H and O–H groups in total. The first-order valence-corrected chi connectivity index (χ1v) is 5.73. The number of nitro benzene ring substituents is 1. The van der Waals surface area contributed by atoms with Crippen LogP contribution in [-0.4, -0.2) is 12.0 Å². The van der Waals surface area contributed by atoms with Gasteiger partial charge < -0.3 is 10.1 Å². The molecule has 0 atom stereocenters. The molecule has 6 heteroatoms. The zero-order valence-corrected chi connectivity index (χ0v) is 10.7. The van der Waals surface area contributed by atoms with Gasteiger partial charge in [-0.15, -0.1) is 0 Å². The molecular weight excluding hydrogens is 258 g/mol. The van der Waals surface area contributed by atoms with E-state index in [1.165, 1.54) is 18.2 Å². The maximum atomic E-state index is 11.0. The van der Waals surface area contributed by atoms with Crippen molar-refractivity contribution in [2.24, 2.45) is 0 Å². The number of nitro groups is 1. The van der Waals surface area contributed by atoms with Gasteiger partial charge in [-0.1, -0.05) is 0 Å². The highest BCUT2D eigenvalue weighted by Gasteiger charge is 2.14. The Balaban J connectivity index is 2.35. The molecule has 0 saturated carbocycles. The zero-order valence-electron chi connectivity index (χ0n) is 10.7. The predicted octanol–water partition coefficient (Wildman–Crippen LogP) is 3.22. The number of nitrogens with one attached hydrogen (secondary N) is 1. The first-order chi connectivity index (χ1) is 9.63. The van der Waals surface area contributed by atoms with Crippen LogP contribution in [0.15, 0.2) is 42.5 Å². The van der Waals surface area contributed by atoms with Crippen LogP contribution in [0.25, 0.3) is 0 Å². The van der Waals surface area contributed by atoms with Crippen molar-refractivity contribution < 1.29 is 9.66 Å². The number of anilines is 2. The third-order valence-electron chi connectivity index (χ3n) is 2.69. The van der Waals surface area contributed by atoms with Crippen LogP contribution in [0, 0.1) is 21.4 Å². The first kappa shape index (κ1) is 13.4. The van der Waals surface area contributed by atoms with Crippen molar-refractivity contribution >= 4 is 17.1 Å². The van der Waals surface area contributed by atoms with Crippen LogP contribution in [-0.2, 0) is 0 Å². The molecule has 0 unspecified atom stereocenters. The summed E-state index contributed by atoms with van der Waals surface area (Å²) in [5.41, 5.74) is 1.22. The Labute approximate surface area is 115 Å². The van der Waals surface area contributed by atoms with E-state index in [9.17, 15) is 10.1 Å². The molecule has 2 aromatic carbocycles. The molecule has 20 heavy (non-hydrogen) atoms. The van der Waals surface area contributed by atoms with E-state index < -0.39 is 4.92 Å². The second-order valence-corrected chi connectivity index (χ2v) is 3.95. The van der Waals surface area contributed by atoms with Gasteiger partial charge in [0.15, 0.2) is 0 Å². The summed E-state index contributed by atoms with van der Waals surface area (Å²) in [6, 6.07) is 13.1. The van der Waals surface area contributed by atoms with E-state index in [1.807, 2.05) is 6.07 Å². The van der Waals surface area contributed by atoms with E-state index in [0.717, 1.165) is 0 Å². The van der Waals surface area contributed by atoms with Gasteiger partial charge in [0.1, 0.15) is 11.4 Å². The standard InChI is InChI=1S/C14H11N3O3/c1-20-12-5-3-11(4-6-12)16-13-8-10(9-15)2-7-14(13)17(18)19/h2-8,16H,1H3. The van der Waals surface area contributed by atoms with Crippen LogP contribution in [0.4, 0.5) is 17.1 Å². The zero-order chi connectivity index (χ0) is 14.5. The van der Waals surface area contributed by atoms with Gasteiger partial charge in [0.2, 0.25) is 0 Å². The fourth-order valence-electron chi connectivity index (χ4n) is 1.69. The minimum Gasteiger partial charge on any atom is -0.497 e. The number of rotatable bonds is 4. The average molecular weight is 269 g/mol. The van der Waals surface area contributed by atoms with Crippen LogP contribution in [0.2, 0.25) is 0 Å². The van der Waals surface area contributed by atoms with Gasteiger partial charge in [0.25, 0.3) is 5.69 Å². The molecule has 0 radical (unpaired) electrons. The van der Waals surface area contributed by atoms with Crippen molar-refractivity contribution in [3.63, 3.8) is 0 Å². The smallest absolute Gasteiger partial charge is 0.292 e. The minimum atomic E-state index is -0.493. The quantitative estimate of drug-likeness (QED) is 0.680. The lowest BCUT2D eigenvalue weighted by atomic mass is 10.2. The van der Waals surface area contributed by atoms with E-state index in [4.69, 9.17) is 10.00 Å². The molecule has 0 amide bonds. The summed E-state index contributed by atoms with van der Waals surface area (Å²) < 4.78 is 5.04. The molecule has 0 aliphatic carbocycles. The van der Waals surface area contributed by atoms with E-state index in [1.54, 1.807) is 31.4 Å². The van der Waals surface area contributed by atoms with Crippen molar-refractivity contribution in [2.45, 2.75) is 0 Å². The number of ether oxygens (including phenoxy) is 1. The Morgan fingerprint density at radius 2 is 1.95 bits per heavy atom. The van der Waals surface area contributed by atoms with Crippen LogP contribution in [0.5, 0.6) is 5.75 Å². The lowest BCUT2D eigenvalue weighted by Gasteiger charge is -2.08. The molecule has 0 saturated heterocycles. The maximum absolute atomic E-state index is 11.0. The number of nitrogens with zero attached hydrogens (tertiary/aromatic N) is 2. The summed E-state index contributed by atoms with van der Waals surface area (Å²) in [5.74, 6) is 0.691. The van der Waals surface area contributed by atoms with Crippen LogP contribution >= 0.6 is 0 Å².